The van der Waals surface area contributed by atoms with E-state index >= 15 is 0 Å². The van der Waals surface area contributed by atoms with Gasteiger partial charge in [-0.3, -0.25) is 0 Å². The van der Waals surface area contributed by atoms with Crippen molar-refractivity contribution in [3.63, 3.8) is 0 Å². The molecule has 1 unspecified atom stereocenters. The summed E-state index contributed by atoms with van der Waals surface area (Å²) < 4.78 is 5.09. The minimum absolute atomic E-state index is 0.121. The van der Waals surface area contributed by atoms with E-state index in [-0.39, 0.29) is 12.1 Å². The van der Waals surface area contributed by atoms with Crippen LogP contribution >= 0.6 is 23.3 Å². The zero-order valence-electron chi connectivity index (χ0n) is 10.1. The second-order valence-electron chi connectivity index (χ2n) is 4.41. The van der Waals surface area contributed by atoms with Gasteiger partial charge in [-0.25, -0.2) is 4.98 Å². The Morgan fingerprint density at radius 2 is 2.25 bits per heavy atom. The standard InChI is InChI=1S/C10H19N3OS2/c1-7(2)12-10(4,5-14)6-15-9-11-8(3)13-16-9/h7,12,14H,5-6H2,1-4H3. The molecule has 0 aliphatic heterocycles. The van der Waals surface area contributed by atoms with E-state index in [1.54, 1.807) is 11.8 Å². The minimum atomic E-state index is -0.265. The SMILES string of the molecule is Cc1nsc(SCC(C)(CO)NC(C)C)n1. The van der Waals surface area contributed by atoms with Gasteiger partial charge in [0.05, 0.1) is 6.61 Å². The Balaban J connectivity index is 2.50. The van der Waals surface area contributed by atoms with Crippen LogP contribution in [-0.4, -0.2) is 38.4 Å². The molecule has 0 saturated carbocycles. The van der Waals surface area contributed by atoms with Gasteiger partial charge in [0.15, 0.2) is 4.34 Å². The Hall–Kier alpha value is -0.170. The highest BCUT2D eigenvalue weighted by atomic mass is 32.2. The molecule has 1 heterocycles. The van der Waals surface area contributed by atoms with E-state index in [1.165, 1.54) is 11.5 Å². The fourth-order valence-corrected chi connectivity index (χ4v) is 3.12. The smallest absolute Gasteiger partial charge is 0.170 e. The molecule has 1 atom stereocenters. The average Bonchev–Trinajstić information content (AvgIpc) is 2.60. The van der Waals surface area contributed by atoms with E-state index in [4.69, 9.17) is 0 Å². The van der Waals surface area contributed by atoms with Crippen molar-refractivity contribution in [3.8, 4) is 0 Å². The summed E-state index contributed by atoms with van der Waals surface area (Å²) in [6, 6.07) is 0.355. The summed E-state index contributed by atoms with van der Waals surface area (Å²) in [6.45, 7) is 8.18. The molecule has 0 fully saturated rings. The van der Waals surface area contributed by atoms with E-state index in [1.807, 2.05) is 13.8 Å². The van der Waals surface area contributed by atoms with Crippen molar-refractivity contribution < 1.29 is 5.11 Å². The molecule has 6 heteroatoms. The molecule has 0 aromatic carbocycles. The largest absolute Gasteiger partial charge is 0.394 e. The summed E-state index contributed by atoms with van der Waals surface area (Å²) in [7, 11) is 0. The van der Waals surface area contributed by atoms with Crippen molar-refractivity contribution >= 4 is 23.3 Å². The number of nitrogens with zero attached hydrogens (tertiary/aromatic N) is 2. The zero-order chi connectivity index (χ0) is 12.2. The van der Waals surface area contributed by atoms with Gasteiger partial charge in [-0.1, -0.05) is 25.6 Å². The van der Waals surface area contributed by atoms with E-state index in [0.29, 0.717) is 6.04 Å². The third-order valence-electron chi connectivity index (χ3n) is 2.01. The number of aromatic nitrogens is 2. The van der Waals surface area contributed by atoms with Crippen LogP contribution in [0.25, 0.3) is 0 Å². The molecule has 2 N–H and O–H groups in total. The molecule has 0 spiro atoms. The van der Waals surface area contributed by atoms with Gasteiger partial charge in [0, 0.05) is 17.3 Å². The van der Waals surface area contributed by atoms with Crippen molar-refractivity contribution in [2.24, 2.45) is 0 Å². The fourth-order valence-electron chi connectivity index (χ4n) is 1.39. The topological polar surface area (TPSA) is 58.0 Å². The molecule has 0 aliphatic rings. The highest BCUT2D eigenvalue weighted by molar-refractivity contribution is 8.01. The predicted molar refractivity (Wildman–Crippen MR) is 69.1 cm³/mol. The van der Waals surface area contributed by atoms with Crippen LogP contribution in [-0.2, 0) is 0 Å². The highest BCUT2D eigenvalue weighted by Gasteiger charge is 2.24. The Bertz CT molecular complexity index is 330. The second-order valence-corrected chi connectivity index (χ2v) is 6.39. The highest BCUT2D eigenvalue weighted by Crippen LogP contribution is 2.24. The van der Waals surface area contributed by atoms with Crippen LogP contribution in [0.3, 0.4) is 0 Å². The van der Waals surface area contributed by atoms with Crippen LogP contribution in [0, 0.1) is 6.92 Å². The lowest BCUT2D eigenvalue weighted by Crippen LogP contribution is -2.51. The first-order valence-electron chi connectivity index (χ1n) is 5.27. The van der Waals surface area contributed by atoms with Crippen molar-refractivity contribution in [1.82, 2.24) is 14.7 Å². The van der Waals surface area contributed by atoms with Gasteiger partial charge < -0.3 is 10.4 Å². The predicted octanol–water partition coefficient (Wildman–Crippen LogP) is 1.69. The molecule has 16 heavy (non-hydrogen) atoms. The van der Waals surface area contributed by atoms with Gasteiger partial charge in [0.1, 0.15) is 5.82 Å². The zero-order valence-corrected chi connectivity index (χ0v) is 11.8. The Morgan fingerprint density at radius 3 is 2.69 bits per heavy atom. The normalized spacial score (nSPS) is 15.4. The summed E-state index contributed by atoms with van der Waals surface area (Å²) >= 11 is 3.05. The number of rotatable bonds is 6. The number of aliphatic hydroxyl groups excluding tert-OH is 1. The minimum Gasteiger partial charge on any atom is -0.394 e. The van der Waals surface area contributed by atoms with Crippen molar-refractivity contribution in [3.05, 3.63) is 5.82 Å². The van der Waals surface area contributed by atoms with Gasteiger partial charge in [-0.05, 0) is 25.4 Å². The maximum absolute atomic E-state index is 9.41. The number of thioether (sulfide) groups is 1. The maximum atomic E-state index is 9.41. The Morgan fingerprint density at radius 1 is 1.56 bits per heavy atom. The van der Waals surface area contributed by atoms with Gasteiger partial charge in [-0.2, -0.15) is 4.37 Å². The lowest BCUT2D eigenvalue weighted by Gasteiger charge is -2.30. The summed E-state index contributed by atoms with van der Waals surface area (Å²) in [5.41, 5.74) is -0.265. The van der Waals surface area contributed by atoms with Crippen LogP contribution in [0.2, 0.25) is 0 Å². The molecule has 1 aromatic rings. The van der Waals surface area contributed by atoms with Crippen molar-refractivity contribution in [1.29, 1.82) is 0 Å². The number of aliphatic hydroxyl groups is 1. The second kappa shape index (κ2) is 5.95. The summed E-state index contributed by atoms with van der Waals surface area (Å²) in [6.07, 6.45) is 0. The Labute approximate surface area is 105 Å². The van der Waals surface area contributed by atoms with Crippen LogP contribution in [0.1, 0.15) is 26.6 Å². The quantitative estimate of drug-likeness (QED) is 0.763. The fraction of sp³-hybridized carbons (Fsp3) is 0.800. The van der Waals surface area contributed by atoms with E-state index in [2.05, 4.69) is 28.5 Å². The molecular formula is C10H19N3OS2. The van der Waals surface area contributed by atoms with Crippen molar-refractivity contribution in [2.75, 3.05) is 12.4 Å². The molecule has 0 bridgehead atoms. The number of aryl methyl sites for hydroxylation is 1. The van der Waals surface area contributed by atoms with E-state index in [0.717, 1.165) is 15.9 Å². The molecule has 1 rings (SSSR count). The molecule has 0 aliphatic carbocycles. The van der Waals surface area contributed by atoms with Gasteiger partial charge in [0.25, 0.3) is 0 Å². The van der Waals surface area contributed by atoms with Crippen LogP contribution < -0.4 is 5.32 Å². The van der Waals surface area contributed by atoms with Gasteiger partial charge >= 0.3 is 0 Å². The summed E-state index contributed by atoms with van der Waals surface area (Å²) in [4.78, 5) is 4.29. The van der Waals surface area contributed by atoms with E-state index < -0.39 is 0 Å². The van der Waals surface area contributed by atoms with Crippen LogP contribution in [0.5, 0.6) is 0 Å². The number of hydrogen-bond donors (Lipinski definition) is 2. The monoisotopic (exact) mass is 261 g/mol. The van der Waals surface area contributed by atoms with Crippen LogP contribution in [0.4, 0.5) is 0 Å². The first-order valence-corrected chi connectivity index (χ1v) is 7.03. The summed E-state index contributed by atoms with van der Waals surface area (Å²) in [5.74, 6) is 1.60. The molecule has 4 nitrogen and oxygen atoms in total. The first-order chi connectivity index (χ1) is 7.45. The average molecular weight is 261 g/mol. The number of hydrogen-bond acceptors (Lipinski definition) is 6. The van der Waals surface area contributed by atoms with Crippen LogP contribution in [0.15, 0.2) is 4.34 Å². The molecule has 92 valence electrons. The molecule has 0 radical (unpaired) electrons. The number of nitrogens with one attached hydrogen (secondary N) is 1. The third kappa shape index (κ3) is 4.37. The molecular weight excluding hydrogens is 242 g/mol. The Kier molecular flexibility index (Phi) is 5.17. The molecule has 0 saturated heterocycles. The van der Waals surface area contributed by atoms with Gasteiger partial charge in [0.2, 0.25) is 0 Å². The lowest BCUT2D eigenvalue weighted by atomic mass is 10.1. The molecule has 1 aromatic heterocycles. The first kappa shape index (κ1) is 13.9. The third-order valence-corrected chi connectivity index (χ3v) is 4.31. The summed E-state index contributed by atoms with van der Waals surface area (Å²) in [5, 5.41) is 12.8. The lowest BCUT2D eigenvalue weighted by molar-refractivity contribution is 0.183. The van der Waals surface area contributed by atoms with Crippen molar-refractivity contribution in [2.45, 2.75) is 43.6 Å². The van der Waals surface area contributed by atoms with Gasteiger partial charge in [-0.15, -0.1) is 0 Å². The molecule has 0 amide bonds. The van der Waals surface area contributed by atoms with E-state index in [9.17, 15) is 5.11 Å². The maximum Gasteiger partial charge on any atom is 0.170 e.